The van der Waals surface area contributed by atoms with E-state index in [2.05, 4.69) is 17.2 Å². The Balaban J connectivity index is 1.93. The van der Waals surface area contributed by atoms with Gasteiger partial charge in [-0.25, -0.2) is 0 Å². The van der Waals surface area contributed by atoms with Crippen LogP contribution in [0, 0.1) is 0 Å². The summed E-state index contributed by atoms with van der Waals surface area (Å²) in [6.45, 7) is 4.18. The molecule has 0 bridgehead atoms. The van der Waals surface area contributed by atoms with Crippen molar-refractivity contribution in [3.8, 4) is 11.5 Å². The molecule has 1 atom stereocenters. The second-order valence-electron chi connectivity index (χ2n) is 4.91. The molecule has 2 N–H and O–H groups in total. The normalized spacial score (nSPS) is 16.0. The lowest BCUT2D eigenvalue weighted by Gasteiger charge is -2.27. The number of hydrogen-bond acceptors (Lipinski definition) is 4. The third-order valence-corrected chi connectivity index (χ3v) is 3.43. The second-order valence-corrected chi connectivity index (χ2v) is 4.91. The molecule has 0 fully saturated rings. The number of benzene rings is 1. The Morgan fingerprint density at radius 1 is 1.50 bits per heavy atom. The smallest absolute Gasteiger partial charge is 0.243 e. The molecule has 1 unspecified atom stereocenters. The summed E-state index contributed by atoms with van der Waals surface area (Å²) in [5.74, 6) is 1.06. The Morgan fingerprint density at radius 3 is 3.05 bits per heavy atom. The van der Waals surface area contributed by atoms with Gasteiger partial charge in [0.25, 0.3) is 0 Å². The molecule has 0 radical (unpaired) electrons. The van der Waals surface area contributed by atoms with Crippen molar-refractivity contribution in [2.24, 2.45) is 0 Å². The van der Waals surface area contributed by atoms with Gasteiger partial charge in [0.2, 0.25) is 11.8 Å². The van der Waals surface area contributed by atoms with Gasteiger partial charge in [0.1, 0.15) is 11.5 Å². The first-order valence-electron chi connectivity index (χ1n) is 7.14. The number of amides is 2. The minimum Gasteiger partial charge on any atom is -0.497 e. The molecule has 1 heterocycles. The minimum atomic E-state index is -0.281. The van der Waals surface area contributed by atoms with Crippen molar-refractivity contribution in [3.63, 3.8) is 0 Å². The van der Waals surface area contributed by atoms with E-state index in [0.29, 0.717) is 13.0 Å². The van der Waals surface area contributed by atoms with Crippen molar-refractivity contribution in [1.82, 2.24) is 10.6 Å². The van der Waals surface area contributed by atoms with Crippen LogP contribution in [0.2, 0.25) is 0 Å². The number of methoxy groups -OCH3 is 1. The second kappa shape index (κ2) is 7.49. The van der Waals surface area contributed by atoms with Gasteiger partial charge in [-0.3, -0.25) is 9.59 Å². The van der Waals surface area contributed by atoms with Crippen LogP contribution in [-0.2, 0) is 9.59 Å². The quantitative estimate of drug-likeness (QED) is 0.777. The van der Waals surface area contributed by atoms with Crippen LogP contribution in [0.25, 0.3) is 0 Å². The van der Waals surface area contributed by atoms with Crippen LogP contribution in [0.15, 0.2) is 30.9 Å². The zero-order valence-electron chi connectivity index (χ0n) is 12.6. The highest BCUT2D eigenvalue weighted by atomic mass is 16.5. The van der Waals surface area contributed by atoms with Gasteiger partial charge in [-0.15, -0.1) is 0 Å². The maximum absolute atomic E-state index is 12.0. The van der Waals surface area contributed by atoms with E-state index in [4.69, 9.17) is 9.47 Å². The number of rotatable bonds is 6. The molecular weight excluding hydrogens is 284 g/mol. The fourth-order valence-electron chi connectivity index (χ4n) is 2.28. The third kappa shape index (κ3) is 4.00. The van der Waals surface area contributed by atoms with Crippen LogP contribution < -0.4 is 20.1 Å². The van der Waals surface area contributed by atoms with E-state index in [1.54, 1.807) is 7.11 Å². The molecule has 0 saturated carbocycles. The Hall–Kier alpha value is -2.50. The average Bonchev–Trinajstić information content (AvgIpc) is 2.54. The monoisotopic (exact) mass is 304 g/mol. The molecule has 0 spiro atoms. The standard InChI is InChI=1S/C16H20N2O4/c1-3-15(19)17-8-6-16(20)18-13-7-9-22-14-10-11(21-2)4-5-12(13)14/h3-5,10,13H,1,6-9H2,2H3,(H,17,19)(H,18,20). The summed E-state index contributed by atoms with van der Waals surface area (Å²) in [5.41, 5.74) is 0.940. The van der Waals surface area contributed by atoms with E-state index in [0.717, 1.165) is 17.1 Å². The van der Waals surface area contributed by atoms with E-state index in [9.17, 15) is 9.59 Å². The zero-order valence-corrected chi connectivity index (χ0v) is 12.6. The number of ether oxygens (including phenoxy) is 2. The molecule has 6 nitrogen and oxygen atoms in total. The summed E-state index contributed by atoms with van der Waals surface area (Å²) in [4.78, 5) is 23.0. The zero-order chi connectivity index (χ0) is 15.9. The maximum atomic E-state index is 12.0. The molecule has 0 aromatic heterocycles. The van der Waals surface area contributed by atoms with Crippen LogP contribution in [0.5, 0.6) is 11.5 Å². The number of carbonyl (C=O) groups excluding carboxylic acids is 2. The summed E-state index contributed by atoms with van der Waals surface area (Å²) in [7, 11) is 1.60. The fourth-order valence-corrected chi connectivity index (χ4v) is 2.28. The Morgan fingerprint density at radius 2 is 2.32 bits per heavy atom. The molecular formula is C16H20N2O4. The molecule has 2 rings (SSSR count). The lowest BCUT2D eigenvalue weighted by atomic mass is 10.00. The predicted octanol–water partition coefficient (Wildman–Crippen LogP) is 1.33. The first kappa shape index (κ1) is 15.9. The van der Waals surface area contributed by atoms with Crippen LogP contribution in [0.3, 0.4) is 0 Å². The molecule has 1 aromatic carbocycles. The Kier molecular flexibility index (Phi) is 5.41. The van der Waals surface area contributed by atoms with E-state index in [-0.39, 0.29) is 30.8 Å². The molecule has 22 heavy (non-hydrogen) atoms. The lowest BCUT2D eigenvalue weighted by molar-refractivity contribution is -0.122. The summed E-state index contributed by atoms with van der Waals surface area (Å²) in [6.07, 6.45) is 2.12. The minimum absolute atomic E-state index is 0.0859. The lowest BCUT2D eigenvalue weighted by Crippen LogP contribution is -2.34. The number of fused-ring (bicyclic) bond motifs is 1. The SMILES string of the molecule is C=CC(=O)NCCC(=O)NC1CCOc2cc(OC)ccc21. The van der Waals surface area contributed by atoms with Gasteiger partial charge in [0.05, 0.1) is 19.8 Å². The van der Waals surface area contributed by atoms with Crippen molar-refractivity contribution in [3.05, 3.63) is 36.4 Å². The highest BCUT2D eigenvalue weighted by Gasteiger charge is 2.23. The van der Waals surface area contributed by atoms with Gasteiger partial charge in [-0.05, 0) is 18.2 Å². The van der Waals surface area contributed by atoms with Crippen molar-refractivity contribution in [2.75, 3.05) is 20.3 Å². The summed E-state index contributed by atoms with van der Waals surface area (Å²) < 4.78 is 10.8. The molecule has 1 aliphatic rings. The molecule has 1 aliphatic heterocycles. The molecule has 0 saturated heterocycles. The molecule has 1 aromatic rings. The molecule has 0 aliphatic carbocycles. The molecule has 6 heteroatoms. The summed E-state index contributed by atoms with van der Waals surface area (Å²) in [6, 6.07) is 5.48. The van der Waals surface area contributed by atoms with Crippen LogP contribution in [-0.4, -0.2) is 32.1 Å². The fraction of sp³-hybridized carbons (Fsp3) is 0.375. The van der Waals surface area contributed by atoms with E-state index in [1.807, 2.05) is 18.2 Å². The van der Waals surface area contributed by atoms with Gasteiger partial charge < -0.3 is 20.1 Å². The molecule has 118 valence electrons. The van der Waals surface area contributed by atoms with Crippen LogP contribution in [0.1, 0.15) is 24.4 Å². The van der Waals surface area contributed by atoms with Crippen LogP contribution >= 0.6 is 0 Å². The van der Waals surface area contributed by atoms with Crippen molar-refractivity contribution >= 4 is 11.8 Å². The highest BCUT2D eigenvalue weighted by Crippen LogP contribution is 2.34. The number of nitrogens with one attached hydrogen (secondary N) is 2. The predicted molar refractivity (Wildman–Crippen MR) is 81.8 cm³/mol. The highest BCUT2D eigenvalue weighted by molar-refractivity contribution is 5.87. The van der Waals surface area contributed by atoms with Gasteiger partial charge in [-0.2, -0.15) is 0 Å². The van der Waals surface area contributed by atoms with Gasteiger partial charge in [-0.1, -0.05) is 6.58 Å². The van der Waals surface area contributed by atoms with Crippen molar-refractivity contribution in [1.29, 1.82) is 0 Å². The summed E-state index contributed by atoms with van der Waals surface area (Å²) in [5, 5.41) is 5.54. The first-order chi connectivity index (χ1) is 10.6. The maximum Gasteiger partial charge on any atom is 0.243 e. The van der Waals surface area contributed by atoms with E-state index in [1.165, 1.54) is 6.08 Å². The molecule has 2 amide bonds. The number of carbonyl (C=O) groups is 2. The topological polar surface area (TPSA) is 76.7 Å². The van der Waals surface area contributed by atoms with Gasteiger partial charge in [0.15, 0.2) is 0 Å². The average molecular weight is 304 g/mol. The van der Waals surface area contributed by atoms with Gasteiger partial charge in [0, 0.05) is 31.0 Å². The Bertz CT molecular complexity index is 571. The summed E-state index contributed by atoms with van der Waals surface area (Å²) >= 11 is 0. The van der Waals surface area contributed by atoms with E-state index >= 15 is 0 Å². The van der Waals surface area contributed by atoms with E-state index < -0.39 is 0 Å². The van der Waals surface area contributed by atoms with Gasteiger partial charge >= 0.3 is 0 Å². The third-order valence-electron chi connectivity index (χ3n) is 3.43. The largest absolute Gasteiger partial charge is 0.497 e. The van der Waals surface area contributed by atoms with Crippen molar-refractivity contribution < 1.29 is 19.1 Å². The number of hydrogen-bond donors (Lipinski definition) is 2. The first-order valence-corrected chi connectivity index (χ1v) is 7.14. The Labute approximate surface area is 129 Å². The van der Waals surface area contributed by atoms with Crippen LogP contribution in [0.4, 0.5) is 0 Å². The van der Waals surface area contributed by atoms with Crippen molar-refractivity contribution in [2.45, 2.75) is 18.9 Å².